The van der Waals surface area contributed by atoms with Gasteiger partial charge in [-0.25, -0.2) is 0 Å². The lowest BCUT2D eigenvalue weighted by Gasteiger charge is -2.40. The monoisotopic (exact) mass is 350 g/mol. The fourth-order valence-corrected chi connectivity index (χ4v) is 3.95. The van der Waals surface area contributed by atoms with Crippen molar-refractivity contribution in [2.75, 3.05) is 52.5 Å². The molecule has 0 aromatic rings. The van der Waals surface area contributed by atoms with Crippen molar-refractivity contribution in [3.8, 4) is 0 Å². The third kappa shape index (κ3) is 5.50. The number of nitrogens with one attached hydrogen (secondary N) is 1. The summed E-state index contributed by atoms with van der Waals surface area (Å²) >= 11 is 13.3. The van der Waals surface area contributed by atoms with E-state index in [1.54, 1.807) is 0 Å². The molecule has 22 heavy (non-hydrogen) atoms. The molecule has 6 heteroatoms. The molecular formula is C16H32Cl2N4. The summed E-state index contributed by atoms with van der Waals surface area (Å²) in [6, 6.07) is 0. The van der Waals surface area contributed by atoms with Crippen molar-refractivity contribution in [3.63, 3.8) is 0 Å². The highest BCUT2D eigenvalue weighted by Crippen LogP contribution is 2.27. The normalized spacial score (nSPS) is 32.7. The number of likely N-dealkylation sites (N-methyl/N-ethyl adjacent to an activating group) is 1. The van der Waals surface area contributed by atoms with Crippen LogP contribution in [0.15, 0.2) is 0 Å². The van der Waals surface area contributed by atoms with Crippen molar-refractivity contribution in [1.29, 1.82) is 0 Å². The summed E-state index contributed by atoms with van der Waals surface area (Å²) in [5.41, 5.74) is 0. The predicted octanol–water partition coefficient (Wildman–Crippen LogP) is 2.77. The van der Waals surface area contributed by atoms with Crippen LogP contribution in [0.25, 0.3) is 0 Å². The van der Waals surface area contributed by atoms with Crippen molar-refractivity contribution in [1.82, 2.24) is 20.0 Å². The van der Waals surface area contributed by atoms with E-state index in [1.807, 2.05) is 0 Å². The van der Waals surface area contributed by atoms with Gasteiger partial charge < -0.3 is 4.90 Å². The molecule has 2 saturated heterocycles. The first-order valence-corrected chi connectivity index (χ1v) is 9.63. The Hall–Kier alpha value is 0.420. The Labute approximate surface area is 146 Å². The lowest BCUT2D eigenvalue weighted by molar-refractivity contribution is 0.105. The van der Waals surface area contributed by atoms with Gasteiger partial charge in [0.25, 0.3) is 0 Å². The molecule has 2 heterocycles. The van der Waals surface area contributed by atoms with Crippen molar-refractivity contribution in [2.24, 2.45) is 5.92 Å². The van der Waals surface area contributed by atoms with Gasteiger partial charge in [0.05, 0.1) is 6.67 Å². The van der Waals surface area contributed by atoms with Crippen molar-refractivity contribution in [3.05, 3.63) is 0 Å². The summed E-state index contributed by atoms with van der Waals surface area (Å²) < 4.78 is -0.964. The second kappa shape index (κ2) is 9.05. The van der Waals surface area contributed by atoms with Crippen LogP contribution in [0.3, 0.4) is 0 Å². The molecule has 4 nitrogen and oxygen atoms in total. The van der Waals surface area contributed by atoms with Gasteiger partial charge in [-0.3, -0.25) is 15.1 Å². The number of fused-ring (bicyclic) bond motifs is 3. The maximum atomic E-state index is 6.63. The van der Waals surface area contributed by atoms with E-state index in [0.29, 0.717) is 0 Å². The van der Waals surface area contributed by atoms with Gasteiger partial charge >= 0.3 is 0 Å². The van der Waals surface area contributed by atoms with Crippen molar-refractivity contribution < 1.29 is 0 Å². The van der Waals surface area contributed by atoms with E-state index in [9.17, 15) is 0 Å². The molecule has 2 bridgehead atoms. The molecule has 2 atom stereocenters. The largest absolute Gasteiger partial charge is 0.302 e. The first-order valence-electron chi connectivity index (χ1n) is 8.87. The summed E-state index contributed by atoms with van der Waals surface area (Å²) in [7, 11) is 0. The van der Waals surface area contributed by atoms with Crippen LogP contribution >= 0.6 is 23.2 Å². The third-order valence-electron chi connectivity index (χ3n) is 5.24. The van der Waals surface area contributed by atoms with Gasteiger partial charge in [-0.1, -0.05) is 37.0 Å². The van der Waals surface area contributed by atoms with Gasteiger partial charge in [-0.15, -0.1) is 0 Å². The highest BCUT2D eigenvalue weighted by molar-refractivity contribution is 6.47. The molecule has 0 radical (unpaired) electrons. The number of hydrogen-bond donors (Lipinski definition) is 1. The molecule has 0 spiro atoms. The van der Waals surface area contributed by atoms with E-state index >= 15 is 0 Å². The minimum absolute atomic E-state index is 0.754. The van der Waals surface area contributed by atoms with Crippen LogP contribution < -0.4 is 5.32 Å². The number of rotatable bonds is 2. The second-order valence-corrected chi connectivity index (χ2v) is 7.88. The smallest absolute Gasteiger partial charge is 0.227 e. The summed E-state index contributed by atoms with van der Waals surface area (Å²) in [5, 5.41) is 3.34. The van der Waals surface area contributed by atoms with Crippen LogP contribution in [0.2, 0.25) is 0 Å². The predicted molar refractivity (Wildman–Crippen MR) is 95.3 cm³/mol. The Kier molecular flexibility index (Phi) is 7.71. The van der Waals surface area contributed by atoms with Crippen LogP contribution in [0.4, 0.5) is 0 Å². The van der Waals surface area contributed by atoms with Gasteiger partial charge in [0.15, 0.2) is 0 Å². The Bertz CT molecular complexity index is 325. The molecule has 0 aromatic carbocycles. The SMILES string of the molecule is CCN1CCCC2CCN(CC)CNC(Cl)(Cl)N(CC2)CC1. The average Bonchev–Trinajstić information content (AvgIpc) is 2.51. The fourth-order valence-electron chi connectivity index (χ4n) is 3.49. The number of hydrogen-bond acceptors (Lipinski definition) is 4. The van der Waals surface area contributed by atoms with E-state index in [2.05, 4.69) is 33.9 Å². The molecule has 0 aromatic heterocycles. The lowest BCUT2D eigenvalue weighted by Crippen LogP contribution is -2.56. The average molecular weight is 351 g/mol. The highest BCUT2D eigenvalue weighted by atomic mass is 35.5. The molecule has 2 fully saturated rings. The molecule has 2 aliphatic rings. The summed E-state index contributed by atoms with van der Waals surface area (Å²) in [4.78, 5) is 7.14. The minimum atomic E-state index is -0.964. The van der Waals surface area contributed by atoms with Crippen LogP contribution in [-0.2, 0) is 0 Å². The highest BCUT2D eigenvalue weighted by Gasteiger charge is 2.33. The van der Waals surface area contributed by atoms with Crippen LogP contribution in [0.5, 0.6) is 0 Å². The quantitative estimate of drug-likeness (QED) is 0.610. The zero-order chi connectivity index (χ0) is 16.0. The Morgan fingerprint density at radius 1 is 0.909 bits per heavy atom. The van der Waals surface area contributed by atoms with E-state index in [4.69, 9.17) is 23.2 Å². The van der Waals surface area contributed by atoms with Gasteiger partial charge in [0, 0.05) is 19.6 Å². The van der Waals surface area contributed by atoms with Gasteiger partial charge in [-0.05, 0) is 57.8 Å². The Morgan fingerprint density at radius 3 is 2.36 bits per heavy atom. The zero-order valence-corrected chi connectivity index (χ0v) is 15.7. The lowest BCUT2D eigenvalue weighted by atomic mass is 9.94. The minimum Gasteiger partial charge on any atom is -0.302 e. The number of halogens is 2. The molecule has 0 amide bonds. The molecule has 2 aliphatic heterocycles. The molecule has 2 unspecified atom stereocenters. The summed E-state index contributed by atoms with van der Waals surface area (Å²) in [6.07, 6.45) is 5.13. The number of nitrogens with zero attached hydrogens (tertiary/aromatic N) is 3. The van der Waals surface area contributed by atoms with Crippen LogP contribution in [0.1, 0.15) is 39.5 Å². The topological polar surface area (TPSA) is 21.8 Å². The van der Waals surface area contributed by atoms with E-state index in [1.165, 1.54) is 32.2 Å². The Balaban J connectivity index is 2.11. The summed E-state index contributed by atoms with van der Waals surface area (Å²) in [5.74, 6) is 0.788. The third-order valence-corrected chi connectivity index (χ3v) is 5.99. The van der Waals surface area contributed by atoms with Crippen LogP contribution in [-0.4, -0.2) is 71.8 Å². The second-order valence-electron chi connectivity index (χ2n) is 6.59. The van der Waals surface area contributed by atoms with Crippen LogP contribution in [0, 0.1) is 5.92 Å². The standard InChI is InChI=1S/C16H32Cl2N4/c1-3-20-9-5-6-15-7-10-21(4-2)14-19-16(17,18)22(11-8-15)13-12-20/h15,19H,3-14H2,1-2H3. The first kappa shape index (κ1) is 18.8. The maximum absolute atomic E-state index is 6.63. The van der Waals surface area contributed by atoms with Gasteiger partial charge in [0.2, 0.25) is 4.58 Å². The summed E-state index contributed by atoms with van der Waals surface area (Å²) in [6.45, 7) is 12.6. The van der Waals surface area contributed by atoms with Gasteiger partial charge in [-0.2, -0.15) is 0 Å². The van der Waals surface area contributed by atoms with E-state index in [-0.39, 0.29) is 0 Å². The molecule has 0 saturated carbocycles. The molecule has 2 rings (SSSR count). The first-order chi connectivity index (χ1) is 10.5. The fraction of sp³-hybridized carbons (Fsp3) is 1.00. The molecule has 130 valence electrons. The van der Waals surface area contributed by atoms with Crippen molar-refractivity contribution in [2.45, 2.75) is 44.1 Å². The Morgan fingerprint density at radius 2 is 1.64 bits per heavy atom. The maximum Gasteiger partial charge on any atom is 0.227 e. The van der Waals surface area contributed by atoms with E-state index in [0.717, 1.165) is 51.9 Å². The number of alkyl halides is 2. The van der Waals surface area contributed by atoms with Gasteiger partial charge in [0.1, 0.15) is 0 Å². The molecular weight excluding hydrogens is 319 g/mol. The zero-order valence-electron chi connectivity index (χ0n) is 14.2. The molecule has 1 N–H and O–H groups in total. The van der Waals surface area contributed by atoms with Crippen molar-refractivity contribution >= 4 is 23.2 Å². The van der Waals surface area contributed by atoms with E-state index < -0.39 is 4.58 Å². The molecule has 0 aliphatic carbocycles.